The van der Waals surface area contributed by atoms with Crippen molar-refractivity contribution in [1.29, 1.82) is 0 Å². The molecule has 1 aromatic carbocycles. The zero-order valence-corrected chi connectivity index (χ0v) is 25.0. The molecular weight excluding hydrogens is 550 g/mol. The SMILES string of the molecule is CC(C)(C)C(CC(=O)[C@@H](NC(=O)c1cnccn1)C1CCCCC1)C(=O)NC1CN(C(=O)c2ccccc2)C[C@H]1C(=O)O. The zero-order valence-electron chi connectivity index (χ0n) is 25.0. The molecule has 11 nitrogen and oxygen atoms in total. The van der Waals surface area contributed by atoms with E-state index in [4.69, 9.17) is 0 Å². The highest BCUT2D eigenvalue weighted by Gasteiger charge is 2.44. The van der Waals surface area contributed by atoms with Crippen LogP contribution < -0.4 is 10.6 Å². The van der Waals surface area contributed by atoms with Gasteiger partial charge in [-0.25, -0.2) is 4.98 Å². The fourth-order valence-corrected chi connectivity index (χ4v) is 6.09. The Labute approximate surface area is 251 Å². The number of rotatable bonds is 10. The van der Waals surface area contributed by atoms with Crippen LogP contribution in [0.2, 0.25) is 0 Å². The van der Waals surface area contributed by atoms with Crippen molar-refractivity contribution < 1.29 is 29.1 Å². The fourth-order valence-electron chi connectivity index (χ4n) is 6.09. The molecule has 230 valence electrons. The monoisotopic (exact) mass is 591 g/mol. The number of aromatic nitrogens is 2. The molecule has 1 aromatic heterocycles. The number of aliphatic carboxylic acids is 1. The third-order valence-corrected chi connectivity index (χ3v) is 8.59. The molecule has 1 aliphatic carbocycles. The molecule has 0 radical (unpaired) electrons. The molecule has 4 atom stereocenters. The summed E-state index contributed by atoms with van der Waals surface area (Å²) in [4.78, 5) is 75.3. The van der Waals surface area contributed by atoms with Crippen molar-refractivity contribution in [2.45, 2.75) is 71.4 Å². The first-order valence-corrected chi connectivity index (χ1v) is 14.9. The standard InChI is InChI=1S/C32H41N5O6/c1-32(2,3)23(16-26(38)27(20-10-6-4-7-11-20)36-29(40)24-17-33-14-15-34-24)28(39)35-25-19-37(18-22(25)31(42)43)30(41)21-12-8-5-9-13-21/h5,8-9,12-15,17,20,22-23,25,27H,4,6-7,10-11,16,18-19H2,1-3H3,(H,35,39)(H,36,40)(H,42,43)/t22-,23?,25?,27+/m1/s1. The Morgan fingerprint density at radius 1 is 1.00 bits per heavy atom. The van der Waals surface area contributed by atoms with Gasteiger partial charge in [0, 0.05) is 43.4 Å². The summed E-state index contributed by atoms with van der Waals surface area (Å²) in [5, 5.41) is 15.7. The van der Waals surface area contributed by atoms with E-state index in [1.54, 1.807) is 30.3 Å². The first kappa shape index (κ1) is 31.8. The number of carboxylic acid groups (broad SMARTS) is 1. The lowest BCUT2D eigenvalue weighted by molar-refractivity contribution is -0.142. The summed E-state index contributed by atoms with van der Waals surface area (Å²) in [5.41, 5.74) is -0.103. The second-order valence-corrected chi connectivity index (χ2v) is 12.7. The Morgan fingerprint density at radius 3 is 2.30 bits per heavy atom. The van der Waals surface area contributed by atoms with Gasteiger partial charge in [-0.15, -0.1) is 0 Å². The van der Waals surface area contributed by atoms with Gasteiger partial charge in [0.15, 0.2) is 5.78 Å². The molecular formula is C32H41N5O6. The number of carbonyl (C=O) groups excluding carboxylic acids is 4. The number of amides is 3. The van der Waals surface area contributed by atoms with E-state index < -0.39 is 47.1 Å². The van der Waals surface area contributed by atoms with Crippen LogP contribution in [0.15, 0.2) is 48.9 Å². The molecule has 0 spiro atoms. The van der Waals surface area contributed by atoms with Crippen LogP contribution >= 0.6 is 0 Å². The van der Waals surface area contributed by atoms with Gasteiger partial charge in [0.05, 0.1) is 24.2 Å². The number of Topliss-reactive ketones (excluding diaryl/α,β-unsaturated/α-hetero) is 1. The average Bonchev–Trinajstić information content (AvgIpc) is 3.42. The van der Waals surface area contributed by atoms with Crippen LogP contribution in [0.25, 0.3) is 0 Å². The lowest BCUT2D eigenvalue weighted by atomic mass is 9.74. The molecule has 3 amide bonds. The number of ketones is 1. The van der Waals surface area contributed by atoms with Gasteiger partial charge >= 0.3 is 5.97 Å². The minimum Gasteiger partial charge on any atom is -0.481 e. The largest absolute Gasteiger partial charge is 0.481 e. The summed E-state index contributed by atoms with van der Waals surface area (Å²) in [5.74, 6) is -4.46. The van der Waals surface area contributed by atoms with Crippen LogP contribution in [0.1, 0.15) is 80.1 Å². The van der Waals surface area contributed by atoms with Gasteiger partial charge < -0.3 is 20.6 Å². The first-order valence-electron chi connectivity index (χ1n) is 14.9. The third-order valence-electron chi connectivity index (χ3n) is 8.59. The van der Waals surface area contributed by atoms with Crippen LogP contribution in [0.5, 0.6) is 0 Å². The summed E-state index contributed by atoms with van der Waals surface area (Å²) in [6.45, 7) is 5.57. The Hall–Kier alpha value is -4.15. The van der Waals surface area contributed by atoms with Gasteiger partial charge in [-0.05, 0) is 36.3 Å². The molecule has 2 unspecified atom stereocenters. The maximum atomic E-state index is 13.9. The highest BCUT2D eigenvalue weighted by molar-refractivity contribution is 5.98. The Morgan fingerprint density at radius 2 is 1.70 bits per heavy atom. The summed E-state index contributed by atoms with van der Waals surface area (Å²) < 4.78 is 0. The number of carboxylic acids is 1. The van der Waals surface area contributed by atoms with Crippen molar-refractivity contribution in [2.24, 2.45) is 23.2 Å². The number of carbonyl (C=O) groups is 5. The van der Waals surface area contributed by atoms with Crippen molar-refractivity contribution in [3.63, 3.8) is 0 Å². The van der Waals surface area contributed by atoms with E-state index in [-0.39, 0.29) is 42.8 Å². The van der Waals surface area contributed by atoms with E-state index in [0.29, 0.717) is 5.56 Å². The van der Waals surface area contributed by atoms with Crippen molar-refractivity contribution in [1.82, 2.24) is 25.5 Å². The molecule has 43 heavy (non-hydrogen) atoms. The molecule has 1 saturated carbocycles. The summed E-state index contributed by atoms with van der Waals surface area (Å²) in [6.07, 6.45) is 8.64. The van der Waals surface area contributed by atoms with Gasteiger partial charge in [0.25, 0.3) is 11.8 Å². The number of hydrogen-bond donors (Lipinski definition) is 3. The highest BCUT2D eigenvalue weighted by Crippen LogP contribution is 2.33. The maximum absolute atomic E-state index is 13.9. The molecule has 2 aliphatic rings. The minimum atomic E-state index is -1.11. The van der Waals surface area contributed by atoms with Crippen LogP contribution in [-0.4, -0.2) is 74.6 Å². The lowest BCUT2D eigenvalue weighted by Gasteiger charge is -2.34. The van der Waals surface area contributed by atoms with Gasteiger partial charge in [-0.2, -0.15) is 0 Å². The van der Waals surface area contributed by atoms with E-state index in [2.05, 4.69) is 20.6 Å². The molecule has 3 N–H and O–H groups in total. The van der Waals surface area contributed by atoms with Crippen molar-refractivity contribution in [3.05, 3.63) is 60.2 Å². The smallest absolute Gasteiger partial charge is 0.310 e. The number of nitrogens with zero attached hydrogens (tertiary/aromatic N) is 3. The van der Waals surface area contributed by atoms with Gasteiger partial charge in [-0.1, -0.05) is 58.2 Å². The second kappa shape index (κ2) is 13.9. The molecule has 4 rings (SSSR count). The highest BCUT2D eigenvalue weighted by atomic mass is 16.4. The maximum Gasteiger partial charge on any atom is 0.310 e. The van der Waals surface area contributed by atoms with E-state index in [1.807, 2.05) is 20.8 Å². The molecule has 2 heterocycles. The predicted octanol–water partition coefficient (Wildman–Crippen LogP) is 3.12. The molecule has 0 bridgehead atoms. The van der Waals surface area contributed by atoms with Crippen LogP contribution in [-0.2, 0) is 14.4 Å². The topological polar surface area (TPSA) is 159 Å². The fraction of sp³-hybridized carbons (Fsp3) is 0.531. The van der Waals surface area contributed by atoms with E-state index in [9.17, 15) is 29.1 Å². The summed E-state index contributed by atoms with van der Waals surface area (Å²) in [7, 11) is 0. The van der Waals surface area contributed by atoms with Crippen LogP contribution in [0.4, 0.5) is 0 Å². The first-order chi connectivity index (χ1) is 20.5. The van der Waals surface area contributed by atoms with E-state index >= 15 is 0 Å². The quantitative estimate of drug-likeness (QED) is 0.380. The van der Waals surface area contributed by atoms with Gasteiger partial charge in [-0.3, -0.25) is 29.0 Å². The summed E-state index contributed by atoms with van der Waals surface area (Å²) >= 11 is 0. The van der Waals surface area contributed by atoms with Crippen molar-refractivity contribution in [3.8, 4) is 0 Å². The Balaban J connectivity index is 1.50. The van der Waals surface area contributed by atoms with Crippen molar-refractivity contribution >= 4 is 29.5 Å². The Kier molecular flexibility index (Phi) is 10.3. The molecule has 1 saturated heterocycles. The normalized spacial score (nSPS) is 20.6. The molecule has 1 aliphatic heterocycles. The summed E-state index contributed by atoms with van der Waals surface area (Å²) in [6, 6.07) is 6.98. The van der Waals surface area contributed by atoms with Crippen molar-refractivity contribution in [2.75, 3.05) is 13.1 Å². The zero-order chi connectivity index (χ0) is 31.1. The second-order valence-electron chi connectivity index (χ2n) is 12.7. The predicted molar refractivity (Wildman–Crippen MR) is 158 cm³/mol. The van der Waals surface area contributed by atoms with Crippen LogP contribution in [0, 0.1) is 23.2 Å². The molecule has 2 aromatic rings. The average molecular weight is 592 g/mol. The number of nitrogens with one attached hydrogen (secondary N) is 2. The number of hydrogen-bond acceptors (Lipinski definition) is 7. The number of likely N-dealkylation sites (tertiary alicyclic amines) is 1. The number of benzene rings is 1. The van der Waals surface area contributed by atoms with Gasteiger partial charge in [0.1, 0.15) is 5.69 Å². The van der Waals surface area contributed by atoms with Crippen LogP contribution in [0.3, 0.4) is 0 Å². The van der Waals surface area contributed by atoms with E-state index in [1.165, 1.54) is 23.5 Å². The Bertz CT molecular complexity index is 1310. The van der Waals surface area contributed by atoms with E-state index in [0.717, 1.165) is 32.1 Å². The molecule has 11 heteroatoms. The van der Waals surface area contributed by atoms with Gasteiger partial charge in [0.2, 0.25) is 5.91 Å². The minimum absolute atomic E-state index is 0.0364. The third kappa shape index (κ3) is 8.03. The molecule has 2 fully saturated rings. The lowest BCUT2D eigenvalue weighted by Crippen LogP contribution is -2.51.